The molecule has 2 aromatic rings. The Bertz CT molecular complexity index is 928. The van der Waals surface area contributed by atoms with E-state index >= 15 is 0 Å². The third-order valence-corrected chi connectivity index (χ3v) is 5.38. The Morgan fingerprint density at radius 3 is 2.57 bits per heavy atom. The van der Waals surface area contributed by atoms with Gasteiger partial charge in [0.05, 0.1) is 0 Å². The van der Waals surface area contributed by atoms with Crippen LogP contribution in [0, 0.1) is 0 Å². The fourth-order valence-corrected chi connectivity index (χ4v) is 3.84. The molecule has 1 aromatic heterocycles. The summed E-state index contributed by atoms with van der Waals surface area (Å²) in [6, 6.07) is 7.11. The minimum Gasteiger partial charge on any atom is -0.352 e. The molecule has 8 heteroatoms. The highest BCUT2D eigenvalue weighted by Crippen LogP contribution is 2.21. The number of carbonyl (C=O) groups excluding carboxylic acids is 2. The zero-order chi connectivity index (χ0) is 19.5. The first kappa shape index (κ1) is 18.5. The average Bonchev–Trinajstić information content (AvgIpc) is 3.29. The van der Waals surface area contributed by atoms with Gasteiger partial charge in [0.1, 0.15) is 5.82 Å². The first-order valence-corrected chi connectivity index (χ1v) is 9.98. The maximum Gasteiger partial charge on any atom is 0.345 e. The number of aryl methyl sites for hydroxylation is 2. The fraction of sp³-hybridized carbons (Fsp3) is 0.500. The molecule has 2 aliphatic heterocycles. The quantitative estimate of drug-likeness (QED) is 0.762. The van der Waals surface area contributed by atoms with Crippen LogP contribution in [0.3, 0.4) is 0 Å². The monoisotopic (exact) mass is 383 g/mol. The van der Waals surface area contributed by atoms with Crippen molar-refractivity contribution in [3.05, 3.63) is 46.1 Å². The van der Waals surface area contributed by atoms with Crippen molar-refractivity contribution in [1.82, 2.24) is 19.7 Å². The largest absolute Gasteiger partial charge is 0.352 e. The van der Waals surface area contributed by atoms with Gasteiger partial charge in [-0.3, -0.25) is 14.2 Å². The lowest BCUT2D eigenvalue weighted by atomic mass is 10.2. The Hall–Kier alpha value is -2.90. The van der Waals surface area contributed by atoms with Gasteiger partial charge in [-0.2, -0.15) is 5.10 Å². The molecule has 2 amide bonds. The highest BCUT2D eigenvalue weighted by atomic mass is 16.2. The number of carbonyl (C=O) groups is 2. The van der Waals surface area contributed by atoms with E-state index in [4.69, 9.17) is 0 Å². The third kappa shape index (κ3) is 3.72. The molecule has 1 aromatic carbocycles. The lowest BCUT2D eigenvalue weighted by Crippen LogP contribution is -2.29. The minimum atomic E-state index is -0.157. The van der Waals surface area contributed by atoms with Gasteiger partial charge < -0.3 is 10.2 Å². The van der Waals surface area contributed by atoms with E-state index < -0.39 is 0 Å². The maximum absolute atomic E-state index is 12.3. The van der Waals surface area contributed by atoms with Crippen molar-refractivity contribution in [2.24, 2.45) is 0 Å². The summed E-state index contributed by atoms with van der Waals surface area (Å²) in [7, 11) is 0. The number of nitrogens with zero attached hydrogens (tertiary/aromatic N) is 4. The van der Waals surface area contributed by atoms with Crippen LogP contribution in [0.25, 0.3) is 0 Å². The van der Waals surface area contributed by atoms with Gasteiger partial charge >= 0.3 is 5.69 Å². The molecule has 28 heavy (non-hydrogen) atoms. The number of aromatic nitrogens is 3. The summed E-state index contributed by atoms with van der Waals surface area (Å²) in [4.78, 5) is 38.1. The number of rotatable bonds is 6. The zero-order valence-corrected chi connectivity index (χ0v) is 15.9. The van der Waals surface area contributed by atoms with Crippen LogP contribution in [0.5, 0.6) is 0 Å². The zero-order valence-electron chi connectivity index (χ0n) is 15.9. The topological polar surface area (TPSA) is 89.2 Å². The molecule has 2 aliphatic rings. The van der Waals surface area contributed by atoms with Gasteiger partial charge in [0.15, 0.2) is 0 Å². The molecular formula is C20H25N5O3. The summed E-state index contributed by atoms with van der Waals surface area (Å²) >= 11 is 0. The number of hydrogen-bond acceptors (Lipinski definition) is 4. The molecule has 0 saturated carbocycles. The Balaban J connectivity index is 1.27. The number of fused-ring (bicyclic) bond motifs is 1. The molecule has 0 unspecified atom stereocenters. The highest BCUT2D eigenvalue weighted by Gasteiger charge is 2.21. The second kappa shape index (κ2) is 8.00. The summed E-state index contributed by atoms with van der Waals surface area (Å²) in [5.74, 6) is 0.848. The Labute approximate surface area is 163 Å². The SMILES string of the molecule is O=C(NCCCn1nc2n(c1=O)CCCC2)c1ccc(N2CCCC2=O)cc1. The molecule has 1 saturated heterocycles. The number of benzene rings is 1. The van der Waals surface area contributed by atoms with E-state index in [1.54, 1.807) is 21.6 Å². The predicted octanol–water partition coefficient (Wildman–Crippen LogP) is 1.33. The van der Waals surface area contributed by atoms with E-state index in [1.165, 1.54) is 4.68 Å². The molecule has 0 atom stereocenters. The summed E-state index contributed by atoms with van der Waals surface area (Å²) < 4.78 is 3.27. The van der Waals surface area contributed by atoms with Gasteiger partial charge in [0, 0.05) is 50.3 Å². The smallest absolute Gasteiger partial charge is 0.345 e. The summed E-state index contributed by atoms with van der Waals surface area (Å²) in [6.07, 6.45) is 5.08. The van der Waals surface area contributed by atoms with Crippen LogP contribution < -0.4 is 15.9 Å². The van der Waals surface area contributed by atoms with Crippen molar-refractivity contribution < 1.29 is 9.59 Å². The minimum absolute atomic E-state index is 0.0481. The number of amides is 2. The molecule has 3 heterocycles. The van der Waals surface area contributed by atoms with Crippen molar-refractivity contribution >= 4 is 17.5 Å². The Morgan fingerprint density at radius 2 is 1.86 bits per heavy atom. The second-order valence-corrected chi connectivity index (χ2v) is 7.34. The van der Waals surface area contributed by atoms with Gasteiger partial charge in [0.25, 0.3) is 5.91 Å². The Morgan fingerprint density at radius 1 is 1.04 bits per heavy atom. The van der Waals surface area contributed by atoms with Crippen molar-refractivity contribution in [2.75, 3.05) is 18.0 Å². The summed E-state index contributed by atoms with van der Waals surface area (Å²) in [5, 5.41) is 7.28. The molecule has 0 bridgehead atoms. The molecule has 0 radical (unpaired) electrons. The second-order valence-electron chi connectivity index (χ2n) is 7.34. The van der Waals surface area contributed by atoms with Crippen LogP contribution in [0.2, 0.25) is 0 Å². The third-order valence-electron chi connectivity index (χ3n) is 5.38. The molecule has 0 spiro atoms. The van der Waals surface area contributed by atoms with E-state index in [0.717, 1.165) is 50.3 Å². The summed E-state index contributed by atoms with van der Waals surface area (Å²) in [6.45, 7) is 2.46. The van der Waals surface area contributed by atoms with E-state index in [0.29, 0.717) is 31.5 Å². The highest BCUT2D eigenvalue weighted by molar-refractivity contribution is 5.97. The summed E-state index contributed by atoms with van der Waals surface area (Å²) in [5.41, 5.74) is 1.35. The van der Waals surface area contributed by atoms with Crippen LogP contribution in [0.15, 0.2) is 29.1 Å². The normalized spacial score (nSPS) is 16.3. The van der Waals surface area contributed by atoms with E-state index in [1.807, 2.05) is 12.1 Å². The van der Waals surface area contributed by atoms with Crippen molar-refractivity contribution in [3.8, 4) is 0 Å². The lowest BCUT2D eigenvalue weighted by Gasteiger charge is -2.15. The van der Waals surface area contributed by atoms with Gasteiger partial charge in [-0.25, -0.2) is 9.48 Å². The van der Waals surface area contributed by atoms with Crippen LogP contribution in [-0.2, 0) is 24.3 Å². The molecule has 148 valence electrons. The Kier molecular flexibility index (Phi) is 5.27. The predicted molar refractivity (Wildman–Crippen MR) is 104 cm³/mol. The van der Waals surface area contributed by atoms with E-state index in [9.17, 15) is 14.4 Å². The molecule has 4 rings (SSSR count). The lowest BCUT2D eigenvalue weighted by molar-refractivity contribution is -0.117. The fourth-order valence-electron chi connectivity index (χ4n) is 3.84. The van der Waals surface area contributed by atoms with E-state index in [-0.39, 0.29) is 17.5 Å². The first-order valence-electron chi connectivity index (χ1n) is 9.98. The van der Waals surface area contributed by atoms with Crippen LogP contribution in [-0.4, -0.2) is 39.3 Å². The van der Waals surface area contributed by atoms with Gasteiger partial charge in [-0.1, -0.05) is 0 Å². The molecule has 0 aliphatic carbocycles. The number of nitrogens with one attached hydrogen (secondary N) is 1. The number of anilines is 1. The maximum atomic E-state index is 12.3. The van der Waals surface area contributed by atoms with Crippen LogP contribution >= 0.6 is 0 Å². The standard InChI is InChI=1S/C20H25N5O3/c26-18-6-3-13-23(18)16-9-7-15(8-10-16)19(27)21-11-4-14-25-20(28)24-12-2-1-5-17(24)22-25/h7-10H,1-6,11-14H2,(H,21,27). The van der Waals surface area contributed by atoms with Gasteiger partial charge in [0.2, 0.25) is 5.91 Å². The molecule has 8 nitrogen and oxygen atoms in total. The first-order chi connectivity index (χ1) is 13.6. The van der Waals surface area contributed by atoms with Crippen molar-refractivity contribution in [1.29, 1.82) is 0 Å². The van der Waals surface area contributed by atoms with Gasteiger partial charge in [-0.15, -0.1) is 0 Å². The molecule has 1 N–H and O–H groups in total. The number of hydrogen-bond donors (Lipinski definition) is 1. The van der Waals surface area contributed by atoms with Crippen LogP contribution in [0.1, 0.15) is 48.3 Å². The average molecular weight is 383 g/mol. The van der Waals surface area contributed by atoms with E-state index in [2.05, 4.69) is 10.4 Å². The van der Waals surface area contributed by atoms with Crippen molar-refractivity contribution in [3.63, 3.8) is 0 Å². The van der Waals surface area contributed by atoms with Crippen molar-refractivity contribution in [2.45, 2.75) is 51.6 Å². The van der Waals surface area contributed by atoms with Crippen LogP contribution in [0.4, 0.5) is 5.69 Å². The molecule has 1 fully saturated rings. The van der Waals surface area contributed by atoms with Gasteiger partial charge in [-0.05, 0) is 49.9 Å². The molecular weight excluding hydrogens is 358 g/mol.